The number of fused-ring (bicyclic) bond motifs is 1. The van der Waals surface area contributed by atoms with Crippen LogP contribution in [0.15, 0.2) is 35.4 Å². The zero-order valence-corrected chi connectivity index (χ0v) is 17.2. The van der Waals surface area contributed by atoms with Gasteiger partial charge in [0.05, 0.1) is 18.3 Å². The van der Waals surface area contributed by atoms with Crippen molar-refractivity contribution in [1.29, 1.82) is 0 Å². The van der Waals surface area contributed by atoms with Crippen LogP contribution in [-0.4, -0.2) is 49.4 Å². The van der Waals surface area contributed by atoms with E-state index in [0.29, 0.717) is 35.0 Å². The van der Waals surface area contributed by atoms with E-state index in [1.165, 1.54) is 6.20 Å². The lowest BCUT2D eigenvalue weighted by Crippen LogP contribution is -2.30. The van der Waals surface area contributed by atoms with Gasteiger partial charge in [0.1, 0.15) is 22.9 Å². The molecule has 2 fully saturated rings. The van der Waals surface area contributed by atoms with Crippen LogP contribution in [0.2, 0.25) is 0 Å². The van der Waals surface area contributed by atoms with E-state index in [0.717, 1.165) is 25.7 Å². The molecule has 2 aliphatic rings. The number of amides is 1. The quantitative estimate of drug-likeness (QED) is 0.475. The lowest BCUT2D eigenvalue weighted by molar-refractivity contribution is 0.0952. The fraction of sp³-hybridized carbons (Fsp3) is 0.429. The maximum absolute atomic E-state index is 13.0. The van der Waals surface area contributed by atoms with Crippen LogP contribution in [-0.2, 0) is 0 Å². The van der Waals surface area contributed by atoms with Crippen LogP contribution >= 0.6 is 0 Å². The molecule has 0 bridgehead atoms. The first-order valence-electron chi connectivity index (χ1n) is 10.6. The van der Waals surface area contributed by atoms with Gasteiger partial charge in [0, 0.05) is 25.4 Å². The second-order valence-corrected chi connectivity index (χ2v) is 8.14. The van der Waals surface area contributed by atoms with E-state index in [-0.39, 0.29) is 23.6 Å². The van der Waals surface area contributed by atoms with Crippen molar-refractivity contribution in [2.24, 2.45) is 0 Å². The Hall–Kier alpha value is -3.40. The third-order valence-electron chi connectivity index (χ3n) is 5.92. The summed E-state index contributed by atoms with van der Waals surface area (Å²) < 4.78 is 3.15. The van der Waals surface area contributed by atoms with Gasteiger partial charge < -0.3 is 25.6 Å². The Balaban J connectivity index is 1.50. The number of pyridine rings is 1. The number of hydrogen-bond acceptors (Lipinski definition) is 7. The van der Waals surface area contributed by atoms with E-state index in [2.05, 4.69) is 26.0 Å². The van der Waals surface area contributed by atoms with Gasteiger partial charge in [-0.15, -0.1) is 0 Å². The number of rotatable bonds is 6. The minimum atomic E-state index is -0.516. The van der Waals surface area contributed by atoms with Gasteiger partial charge in [-0.2, -0.15) is 9.61 Å². The van der Waals surface area contributed by atoms with Gasteiger partial charge in [-0.1, -0.05) is 0 Å². The van der Waals surface area contributed by atoms with E-state index in [9.17, 15) is 14.7 Å². The monoisotopic (exact) mass is 423 g/mol. The third-order valence-corrected chi connectivity index (χ3v) is 5.92. The van der Waals surface area contributed by atoms with E-state index in [4.69, 9.17) is 0 Å². The van der Waals surface area contributed by atoms with E-state index >= 15 is 0 Å². The molecular weight excluding hydrogens is 398 g/mol. The van der Waals surface area contributed by atoms with Crippen LogP contribution in [0.5, 0.6) is 0 Å². The Kier molecular flexibility index (Phi) is 4.85. The van der Waals surface area contributed by atoms with Crippen molar-refractivity contribution in [2.45, 2.75) is 50.3 Å². The standard InChI is InChI=1S/C21H25N7O3/c1-22-18-10-17(26-19-13(11-23-28(18)19)20(30)24-12-7-8-12)25-14-4-3-9-27(21(14)31)15-5-2-6-16(15)29/h3-4,9-12,15-16,22,29H,2,5-8H2,1H3,(H,24,30)(H,25,26)/t15-,16+/m0/s1. The Morgan fingerprint density at radius 1 is 1.26 bits per heavy atom. The summed E-state index contributed by atoms with van der Waals surface area (Å²) >= 11 is 0. The molecule has 31 heavy (non-hydrogen) atoms. The summed E-state index contributed by atoms with van der Waals surface area (Å²) in [6, 6.07) is 5.19. The Labute approximate surface area is 178 Å². The van der Waals surface area contributed by atoms with E-state index in [1.54, 1.807) is 40.5 Å². The first-order chi connectivity index (χ1) is 15.0. The minimum absolute atomic E-state index is 0.207. The predicted molar refractivity (Wildman–Crippen MR) is 116 cm³/mol. The van der Waals surface area contributed by atoms with E-state index in [1.807, 2.05) is 0 Å². The second-order valence-electron chi connectivity index (χ2n) is 8.14. The van der Waals surface area contributed by atoms with Gasteiger partial charge in [0.25, 0.3) is 11.5 Å². The summed E-state index contributed by atoms with van der Waals surface area (Å²) in [5.74, 6) is 0.835. The predicted octanol–water partition coefficient (Wildman–Crippen LogP) is 1.65. The molecule has 0 unspecified atom stereocenters. The third kappa shape index (κ3) is 3.63. The molecule has 10 heteroatoms. The molecule has 4 N–H and O–H groups in total. The topological polar surface area (TPSA) is 126 Å². The molecule has 1 amide bonds. The number of hydrogen-bond donors (Lipinski definition) is 4. The molecule has 0 spiro atoms. The first-order valence-corrected chi connectivity index (χ1v) is 10.6. The molecule has 5 rings (SSSR count). The fourth-order valence-corrected chi connectivity index (χ4v) is 4.11. The normalized spacial score (nSPS) is 20.7. The molecule has 3 heterocycles. The zero-order chi connectivity index (χ0) is 21.5. The Morgan fingerprint density at radius 2 is 2.10 bits per heavy atom. The number of carbonyl (C=O) groups is 1. The van der Waals surface area contributed by atoms with Crippen LogP contribution in [0.1, 0.15) is 48.5 Å². The molecule has 0 saturated heterocycles. The van der Waals surface area contributed by atoms with E-state index < -0.39 is 6.10 Å². The second kappa shape index (κ2) is 7.69. The van der Waals surface area contributed by atoms with Gasteiger partial charge in [0.2, 0.25) is 0 Å². The van der Waals surface area contributed by atoms with Crippen molar-refractivity contribution in [2.75, 3.05) is 17.7 Å². The van der Waals surface area contributed by atoms with Crippen molar-refractivity contribution in [3.8, 4) is 0 Å². The first kappa shape index (κ1) is 19.6. The Bertz CT molecular complexity index is 1200. The van der Waals surface area contributed by atoms with Crippen molar-refractivity contribution in [3.63, 3.8) is 0 Å². The SMILES string of the molecule is CNc1cc(Nc2cccn([C@H]3CCC[C@H]3O)c2=O)nc2c(C(=O)NC3CC3)cnn12. The van der Waals surface area contributed by atoms with Crippen LogP contribution in [0.25, 0.3) is 5.65 Å². The molecular formula is C21H25N7O3. The lowest BCUT2D eigenvalue weighted by Gasteiger charge is -2.19. The summed E-state index contributed by atoms with van der Waals surface area (Å²) in [7, 11) is 1.75. The van der Waals surface area contributed by atoms with Gasteiger partial charge in [0.15, 0.2) is 5.65 Å². The van der Waals surface area contributed by atoms with Crippen molar-refractivity contribution in [3.05, 3.63) is 46.5 Å². The smallest absolute Gasteiger partial charge is 0.274 e. The van der Waals surface area contributed by atoms with Crippen LogP contribution in [0, 0.1) is 0 Å². The summed E-state index contributed by atoms with van der Waals surface area (Å²) in [5.41, 5.74) is 0.909. The number of aliphatic hydroxyl groups excluding tert-OH is 1. The van der Waals surface area contributed by atoms with Gasteiger partial charge in [-0.25, -0.2) is 4.98 Å². The Morgan fingerprint density at radius 3 is 2.81 bits per heavy atom. The largest absolute Gasteiger partial charge is 0.391 e. The summed E-state index contributed by atoms with van der Waals surface area (Å²) in [6.07, 6.45) is 7.04. The molecule has 0 radical (unpaired) electrons. The molecule has 0 aromatic carbocycles. The average molecular weight is 423 g/mol. The maximum Gasteiger partial charge on any atom is 0.274 e. The number of aromatic nitrogens is 4. The van der Waals surface area contributed by atoms with Gasteiger partial charge in [-0.3, -0.25) is 9.59 Å². The molecule has 3 aromatic heterocycles. The summed E-state index contributed by atoms with van der Waals surface area (Å²) in [6.45, 7) is 0. The number of carbonyl (C=O) groups excluding carboxylic acids is 1. The van der Waals surface area contributed by atoms with Gasteiger partial charge in [-0.05, 0) is 44.2 Å². The highest BCUT2D eigenvalue weighted by Crippen LogP contribution is 2.29. The number of nitrogens with zero attached hydrogens (tertiary/aromatic N) is 4. The number of anilines is 3. The summed E-state index contributed by atoms with van der Waals surface area (Å²) in [5, 5.41) is 23.6. The molecule has 10 nitrogen and oxygen atoms in total. The molecule has 2 atom stereocenters. The molecule has 0 aliphatic heterocycles. The highest BCUT2D eigenvalue weighted by molar-refractivity contribution is 6.00. The summed E-state index contributed by atoms with van der Waals surface area (Å²) in [4.78, 5) is 30.2. The highest BCUT2D eigenvalue weighted by Gasteiger charge is 2.28. The highest BCUT2D eigenvalue weighted by atomic mass is 16.3. The number of aliphatic hydroxyl groups is 1. The molecule has 3 aromatic rings. The number of nitrogens with one attached hydrogen (secondary N) is 3. The molecule has 2 aliphatic carbocycles. The lowest BCUT2D eigenvalue weighted by atomic mass is 10.2. The maximum atomic E-state index is 13.0. The minimum Gasteiger partial charge on any atom is -0.391 e. The van der Waals surface area contributed by atoms with Crippen molar-refractivity contribution < 1.29 is 9.90 Å². The fourth-order valence-electron chi connectivity index (χ4n) is 4.11. The van der Waals surface area contributed by atoms with Crippen LogP contribution in [0.3, 0.4) is 0 Å². The molecule has 162 valence electrons. The zero-order valence-electron chi connectivity index (χ0n) is 17.2. The van der Waals surface area contributed by atoms with Crippen LogP contribution in [0.4, 0.5) is 17.3 Å². The van der Waals surface area contributed by atoms with Crippen molar-refractivity contribution in [1.82, 2.24) is 24.5 Å². The van der Waals surface area contributed by atoms with Crippen molar-refractivity contribution >= 4 is 28.9 Å². The molecule has 2 saturated carbocycles. The average Bonchev–Trinajstić information content (AvgIpc) is 3.30. The van der Waals surface area contributed by atoms with Crippen LogP contribution < -0.4 is 21.5 Å². The van der Waals surface area contributed by atoms with Gasteiger partial charge >= 0.3 is 0 Å².